The van der Waals surface area contributed by atoms with Gasteiger partial charge in [-0.2, -0.15) is 0 Å². The van der Waals surface area contributed by atoms with Crippen molar-refractivity contribution < 1.29 is 9.47 Å². The molecule has 134 valence electrons. The van der Waals surface area contributed by atoms with Crippen LogP contribution in [0.25, 0.3) is 0 Å². The molecule has 1 aliphatic rings. The van der Waals surface area contributed by atoms with Crippen LogP contribution < -0.4 is 14.8 Å². The smallest absolute Gasteiger partial charge is 0.127 e. The van der Waals surface area contributed by atoms with Gasteiger partial charge in [0.05, 0.1) is 25.8 Å². The van der Waals surface area contributed by atoms with Crippen LogP contribution in [0.3, 0.4) is 0 Å². The van der Waals surface area contributed by atoms with Crippen molar-refractivity contribution in [2.75, 3.05) is 40.4 Å². The number of rotatable bonds is 5. The summed E-state index contributed by atoms with van der Waals surface area (Å²) < 4.78 is 11.4. The van der Waals surface area contributed by atoms with Crippen LogP contribution in [0.4, 0.5) is 0 Å². The van der Waals surface area contributed by atoms with Gasteiger partial charge in [-0.05, 0) is 42.8 Å². The molecule has 0 radical (unpaired) electrons. The molecule has 0 aromatic heterocycles. The van der Waals surface area contributed by atoms with Gasteiger partial charge in [0.2, 0.25) is 0 Å². The van der Waals surface area contributed by atoms with Crippen molar-refractivity contribution in [3.05, 3.63) is 58.6 Å². The summed E-state index contributed by atoms with van der Waals surface area (Å²) >= 11 is 6.30. The highest BCUT2D eigenvalue weighted by Crippen LogP contribution is 2.41. The second kappa shape index (κ2) is 8.56. The first-order valence-corrected chi connectivity index (χ1v) is 9.03. The lowest BCUT2D eigenvalue weighted by atomic mass is 9.95. The molecule has 1 saturated heterocycles. The number of halogens is 1. The predicted molar refractivity (Wildman–Crippen MR) is 102 cm³/mol. The summed E-state index contributed by atoms with van der Waals surface area (Å²) in [5, 5.41) is 4.21. The number of hydrogen-bond donors (Lipinski definition) is 1. The lowest BCUT2D eigenvalue weighted by molar-refractivity contribution is 0.231. The maximum atomic E-state index is 6.30. The first-order valence-electron chi connectivity index (χ1n) is 8.65. The van der Waals surface area contributed by atoms with Gasteiger partial charge in [-0.15, -0.1) is 0 Å². The third-order valence-electron chi connectivity index (χ3n) is 4.64. The molecule has 1 unspecified atom stereocenters. The largest absolute Gasteiger partial charge is 0.496 e. The minimum Gasteiger partial charge on any atom is -0.496 e. The van der Waals surface area contributed by atoms with E-state index in [1.807, 2.05) is 36.4 Å². The van der Waals surface area contributed by atoms with Gasteiger partial charge in [-0.25, -0.2) is 0 Å². The van der Waals surface area contributed by atoms with Gasteiger partial charge in [-0.1, -0.05) is 29.8 Å². The van der Waals surface area contributed by atoms with Gasteiger partial charge in [0.25, 0.3) is 0 Å². The molecule has 0 bridgehead atoms. The van der Waals surface area contributed by atoms with Gasteiger partial charge >= 0.3 is 0 Å². The third-order valence-corrected chi connectivity index (χ3v) is 4.88. The first-order chi connectivity index (χ1) is 12.2. The van der Waals surface area contributed by atoms with Gasteiger partial charge in [0, 0.05) is 24.7 Å². The number of benzene rings is 2. The Morgan fingerprint density at radius 1 is 1.00 bits per heavy atom. The van der Waals surface area contributed by atoms with E-state index >= 15 is 0 Å². The van der Waals surface area contributed by atoms with Gasteiger partial charge in [0.15, 0.2) is 0 Å². The van der Waals surface area contributed by atoms with Crippen LogP contribution in [0.2, 0.25) is 5.02 Å². The Labute approximate surface area is 154 Å². The Kier molecular flexibility index (Phi) is 6.19. The molecule has 1 atom stereocenters. The highest BCUT2D eigenvalue weighted by Gasteiger charge is 2.29. The average molecular weight is 361 g/mol. The van der Waals surface area contributed by atoms with E-state index in [0.29, 0.717) is 0 Å². The normalized spacial score (nSPS) is 16.9. The van der Waals surface area contributed by atoms with Crippen LogP contribution >= 0.6 is 11.6 Å². The number of hydrogen-bond acceptors (Lipinski definition) is 4. The molecule has 0 aliphatic carbocycles. The molecule has 2 aromatic rings. The number of nitrogens with one attached hydrogen (secondary N) is 1. The molecule has 0 saturated carbocycles. The monoisotopic (exact) mass is 360 g/mol. The van der Waals surface area contributed by atoms with E-state index in [1.165, 1.54) is 0 Å². The quantitative estimate of drug-likeness (QED) is 0.880. The summed E-state index contributed by atoms with van der Waals surface area (Å²) in [6.45, 7) is 3.97. The zero-order valence-electron chi connectivity index (χ0n) is 14.8. The molecule has 3 rings (SSSR count). The Morgan fingerprint density at radius 3 is 2.40 bits per heavy atom. The summed E-state index contributed by atoms with van der Waals surface area (Å²) in [6, 6.07) is 14.0. The second-order valence-electron chi connectivity index (χ2n) is 6.17. The standard InChI is InChI=1S/C20H25ClN2O2/c1-24-17-8-4-9-18(25-2)19(17)20(15-6-3-7-16(21)14-15)23-12-5-10-22-11-13-23/h3-4,6-9,14,20,22H,5,10-13H2,1-2H3. The molecular formula is C20H25ClN2O2. The van der Waals surface area contributed by atoms with Crippen molar-refractivity contribution >= 4 is 11.6 Å². The maximum absolute atomic E-state index is 6.30. The zero-order chi connectivity index (χ0) is 17.6. The number of nitrogens with zero attached hydrogens (tertiary/aromatic N) is 1. The van der Waals surface area contributed by atoms with Crippen LogP contribution in [0, 0.1) is 0 Å². The second-order valence-corrected chi connectivity index (χ2v) is 6.61. The Hall–Kier alpha value is -1.75. The highest BCUT2D eigenvalue weighted by molar-refractivity contribution is 6.30. The molecule has 1 heterocycles. The van der Waals surface area contributed by atoms with E-state index in [0.717, 1.165) is 60.2 Å². The number of ether oxygens (including phenoxy) is 2. The van der Waals surface area contributed by atoms with Crippen LogP contribution in [0.1, 0.15) is 23.6 Å². The fourth-order valence-corrected chi connectivity index (χ4v) is 3.71. The molecule has 1 fully saturated rings. The summed E-state index contributed by atoms with van der Waals surface area (Å²) in [5.41, 5.74) is 2.20. The highest BCUT2D eigenvalue weighted by atomic mass is 35.5. The van der Waals surface area contributed by atoms with Crippen LogP contribution in [-0.4, -0.2) is 45.3 Å². The van der Waals surface area contributed by atoms with Crippen LogP contribution in [-0.2, 0) is 0 Å². The fourth-order valence-electron chi connectivity index (χ4n) is 3.51. The summed E-state index contributed by atoms with van der Waals surface area (Å²) in [6.07, 6.45) is 1.11. The molecule has 0 amide bonds. The molecule has 0 spiro atoms. The van der Waals surface area contributed by atoms with E-state index in [-0.39, 0.29) is 6.04 Å². The van der Waals surface area contributed by atoms with Gasteiger partial charge in [0.1, 0.15) is 11.5 Å². The third kappa shape index (κ3) is 4.09. The molecule has 5 heteroatoms. The minimum atomic E-state index is 0.0321. The molecule has 4 nitrogen and oxygen atoms in total. The van der Waals surface area contributed by atoms with Gasteiger partial charge in [-0.3, -0.25) is 4.90 Å². The van der Waals surface area contributed by atoms with Gasteiger partial charge < -0.3 is 14.8 Å². The summed E-state index contributed by atoms with van der Waals surface area (Å²) in [5.74, 6) is 1.67. The van der Waals surface area contributed by atoms with Crippen LogP contribution in [0.5, 0.6) is 11.5 Å². The summed E-state index contributed by atoms with van der Waals surface area (Å²) in [4.78, 5) is 2.48. The zero-order valence-corrected chi connectivity index (χ0v) is 15.6. The average Bonchev–Trinajstić information content (AvgIpc) is 2.91. The van der Waals surface area contributed by atoms with Crippen molar-refractivity contribution in [1.82, 2.24) is 10.2 Å². The van der Waals surface area contributed by atoms with Crippen molar-refractivity contribution in [2.24, 2.45) is 0 Å². The van der Waals surface area contributed by atoms with E-state index in [4.69, 9.17) is 21.1 Å². The lowest BCUT2D eigenvalue weighted by Crippen LogP contribution is -2.33. The van der Waals surface area contributed by atoms with Crippen molar-refractivity contribution in [1.29, 1.82) is 0 Å². The topological polar surface area (TPSA) is 33.7 Å². The Bertz CT molecular complexity index is 678. The van der Waals surface area contributed by atoms with E-state index in [9.17, 15) is 0 Å². The van der Waals surface area contributed by atoms with E-state index < -0.39 is 0 Å². The first kappa shape index (κ1) is 18.1. The van der Waals surface area contributed by atoms with Crippen molar-refractivity contribution in [3.8, 4) is 11.5 Å². The van der Waals surface area contributed by atoms with Crippen LogP contribution in [0.15, 0.2) is 42.5 Å². The minimum absolute atomic E-state index is 0.0321. The maximum Gasteiger partial charge on any atom is 0.127 e. The number of methoxy groups -OCH3 is 2. The van der Waals surface area contributed by atoms with Crippen molar-refractivity contribution in [2.45, 2.75) is 12.5 Å². The molecule has 1 N–H and O–H groups in total. The van der Waals surface area contributed by atoms with E-state index in [2.05, 4.69) is 16.3 Å². The summed E-state index contributed by atoms with van der Waals surface area (Å²) in [7, 11) is 3.41. The Balaban J connectivity index is 2.14. The SMILES string of the molecule is COc1cccc(OC)c1C(c1cccc(Cl)c1)N1CCCNCC1. The van der Waals surface area contributed by atoms with E-state index in [1.54, 1.807) is 14.2 Å². The lowest BCUT2D eigenvalue weighted by Gasteiger charge is -2.33. The predicted octanol–water partition coefficient (Wildman–Crippen LogP) is 3.74. The fraction of sp³-hybridized carbons (Fsp3) is 0.400. The molecule has 2 aromatic carbocycles. The molecular weight excluding hydrogens is 336 g/mol. The molecule has 1 aliphatic heterocycles. The Morgan fingerprint density at radius 2 is 1.72 bits per heavy atom. The molecule has 25 heavy (non-hydrogen) atoms. The van der Waals surface area contributed by atoms with Crippen molar-refractivity contribution in [3.63, 3.8) is 0 Å².